The van der Waals surface area contributed by atoms with Crippen molar-refractivity contribution < 1.29 is 19.1 Å². The first-order chi connectivity index (χ1) is 12.9. The highest BCUT2D eigenvalue weighted by atomic mass is 32.1. The minimum Gasteiger partial charge on any atom is -0.619 e. The molecule has 0 atom stereocenters. The van der Waals surface area contributed by atoms with Gasteiger partial charge in [-0.3, -0.25) is 9.69 Å². The van der Waals surface area contributed by atoms with Crippen molar-refractivity contribution in [1.29, 1.82) is 0 Å². The fourth-order valence-corrected chi connectivity index (χ4v) is 3.30. The monoisotopic (exact) mass is 383 g/mol. The summed E-state index contributed by atoms with van der Waals surface area (Å²) < 4.78 is 5.81. The molecule has 2 heterocycles. The van der Waals surface area contributed by atoms with Crippen molar-refractivity contribution in [1.82, 2.24) is 4.98 Å². The lowest BCUT2D eigenvalue weighted by Crippen LogP contribution is -2.24. The van der Waals surface area contributed by atoms with Gasteiger partial charge in [0.2, 0.25) is 5.91 Å². The molecule has 7 nitrogen and oxygen atoms in total. The smallest absolute Gasteiger partial charge is 0.338 e. The van der Waals surface area contributed by atoms with Crippen LogP contribution in [0.5, 0.6) is 0 Å². The molecule has 0 saturated carbocycles. The number of hydrogen-bond donors (Lipinski definition) is 0. The molecule has 0 saturated heterocycles. The van der Waals surface area contributed by atoms with Gasteiger partial charge in [0.25, 0.3) is 0 Å². The molecule has 0 fully saturated rings. The molecule has 0 aliphatic heterocycles. The summed E-state index contributed by atoms with van der Waals surface area (Å²) in [4.78, 5) is 30.1. The molecule has 138 valence electrons. The van der Waals surface area contributed by atoms with Crippen LogP contribution in [0.2, 0.25) is 0 Å². The fourth-order valence-electron chi connectivity index (χ4n) is 2.43. The number of carbonyl (C=O) groups is 2. The van der Waals surface area contributed by atoms with Gasteiger partial charge in [0, 0.05) is 24.4 Å². The van der Waals surface area contributed by atoms with Crippen molar-refractivity contribution in [2.75, 3.05) is 4.90 Å². The Morgan fingerprint density at radius 2 is 2.00 bits per heavy atom. The zero-order chi connectivity index (χ0) is 19.4. The number of benzene rings is 1. The molecular weight excluding hydrogens is 366 g/mol. The van der Waals surface area contributed by atoms with E-state index >= 15 is 0 Å². The summed E-state index contributed by atoms with van der Waals surface area (Å²) in [6.07, 6.45) is 2.45. The highest BCUT2D eigenvalue weighted by Crippen LogP contribution is 2.29. The Balaban J connectivity index is 1.72. The second kappa shape index (κ2) is 7.96. The number of carbonyl (C=O) groups excluding carboxylic acids is 2. The molecule has 27 heavy (non-hydrogen) atoms. The third-order valence-corrected chi connectivity index (χ3v) is 4.57. The van der Waals surface area contributed by atoms with Gasteiger partial charge in [-0.1, -0.05) is 12.1 Å². The van der Waals surface area contributed by atoms with Gasteiger partial charge in [-0.05, 0) is 24.6 Å². The molecule has 0 aliphatic rings. The van der Waals surface area contributed by atoms with E-state index in [-0.39, 0.29) is 18.1 Å². The Bertz CT molecular complexity index is 969. The zero-order valence-corrected chi connectivity index (χ0v) is 15.6. The Morgan fingerprint density at radius 1 is 1.26 bits per heavy atom. The van der Waals surface area contributed by atoms with E-state index in [0.717, 1.165) is 11.3 Å². The van der Waals surface area contributed by atoms with Crippen molar-refractivity contribution in [2.24, 2.45) is 0 Å². The van der Waals surface area contributed by atoms with Crippen LogP contribution < -0.4 is 9.63 Å². The van der Waals surface area contributed by atoms with Crippen LogP contribution in [0.3, 0.4) is 0 Å². The molecule has 0 N–H and O–H groups in total. The van der Waals surface area contributed by atoms with E-state index in [9.17, 15) is 14.8 Å². The summed E-state index contributed by atoms with van der Waals surface area (Å²) in [5.74, 6) is -0.707. The van der Waals surface area contributed by atoms with Crippen molar-refractivity contribution in [3.63, 3.8) is 0 Å². The Labute approximate surface area is 160 Å². The van der Waals surface area contributed by atoms with E-state index in [0.29, 0.717) is 15.6 Å². The van der Waals surface area contributed by atoms with Crippen LogP contribution in [-0.2, 0) is 16.1 Å². The summed E-state index contributed by atoms with van der Waals surface area (Å²) in [6, 6.07) is 10.3. The van der Waals surface area contributed by atoms with E-state index in [1.807, 2.05) is 31.2 Å². The van der Waals surface area contributed by atoms with Crippen molar-refractivity contribution in [3.05, 3.63) is 76.2 Å². The van der Waals surface area contributed by atoms with Crippen LogP contribution >= 0.6 is 11.3 Å². The fraction of sp³-hybridized carbons (Fsp3) is 0.158. The molecule has 0 aliphatic carbocycles. The third-order valence-electron chi connectivity index (χ3n) is 3.69. The summed E-state index contributed by atoms with van der Waals surface area (Å²) in [5, 5.41) is 13.3. The number of aromatic nitrogens is 2. The van der Waals surface area contributed by atoms with Gasteiger partial charge >= 0.3 is 5.97 Å². The zero-order valence-electron chi connectivity index (χ0n) is 14.8. The molecule has 8 heteroatoms. The van der Waals surface area contributed by atoms with Crippen molar-refractivity contribution in [3.8, 4) is 0 Å². The van der Waals surface area contributed by atoms with Crippen molar-refractivity contribution >= 4 is 34.0 Å². The third kappa shape index (κ3) is 4.48. The first-order valence-corrected chi connectivity index (χ1v) is 9.00. The van der Waals surface area contributed by atoms with Crippen molar-refractivity contribution in [2.45, 2.75) is 20.5 Å². The highest BCUT2D eigenvalue weighted by molar-refractivity contribution is 7.14. The molecule has 2 aromatic heterocycles. The second-order valence-corrected chi connectivity index (χ2v) is 6.67. The summed E-state index contributed by atoms with van der Waals surface area (Å²) >= 11 is 1.29. The van der Waals surface area contributed by atoms with E-state index in [4.69, 9.17) is 4.74 Å². The summed E-state index contributed by atoms with van der Waals surface area (Å²) in [7, 11) is 0. The van der Waals surface area contributed by atoms with Gasteiger partial charge in [-0.15, -0.1) is 11.3 Å². The van der Waals surface area contributed by atoms with E-state index in [1.165, 1.54) is 47.7 Å². The lowest BCUT2D eigenvalue weighted by molar-refractivity contribution is -0.605. The summed E-state index contributed by atoms with van der Waals surface area (Å²) in [5.41, 5.74) is 2.59. The number of anilines is 2. The van der Waals surface area contributed by atoms with E-state index in [1.54, 1.807) is 5.38 Å². The number of rotatable bonds is 5. The molecule has 0 radical (unpaired) electrons. The first-order valence-electron chi connectivity index (χ1n) is 8.12. The normalized spacial score (nSPS) is 10.4. The number of nitrogens with zero attached hydrogens (tertiary/aromatic N) is 3. The standard InChI is InChI=1S/C19H17N3O4S/c1-13-4-3-5-17(10-13)22(14(2)23)19-20-16(12-27-19)11-26-18(24)15-6-8-21(25)9-7-15/h3-10,12H,11H2,1-2H3. The SMILES string of the molecule is CC(=O)N(c1cccc(C)c1)c1nc(COC(=O)c2cc[n+]([O-])cc2)cs1. The largest absolute Gasteiger partial charge is 0.619 e. The minimum atomic E-state index is -0.549. The average Bonchev–Trinajstić information content (AvgIpc) is 3.08. The predicted molar refractivity (Wildman–Crippen MR) is 101 cm³/mol. The molecule has 3 aromatic rings. The van der Waals surface area contributed by atoms with E-state index in [2.05, 4.69) is 4.98 Å². The number of aryl methyl sites for hydroxylation is 1. The predicted octanol–water partition coefficient (Wildman–Crippen LogP) is 3.13. The maximum atomic E-state index is 12.1. The van der Waals surface area contributed by atoms with Gasteiger partial charge in [0.1, 0.15) is 6.61 Å². The molecule has 3 rings (SSSR count). The van der Waals surface area contributed by atoms with Gasteiger partial charge in [-0.2, -0.15) is 4.73 Å². The van der Waals surface area contributed by atoms with Gasteiger partial charge in [0.15, 0.2) is 17.5 Å². The summed E-state index contributed by atoms with van der Waals surface area (Å²) in [6.45, 7) is 3.40. The van der Waals surface area contributed by atoms with Crippen LogP contribution in [0.1, 0.15) is 28.5 Å². The number of amides is 1. The highest BCUT2D eigenvalue weighted by Gasteiger charge is 2.18. The van der Waals surface area contributed by atoms with Crippen LogP contribution in [0.4, 0.5) is 10.8 Å². The minimum absolute atomic E-state index is 0.0266. The molecule has 0 bridgehead atoms. The van der Waals surface area contributed by atoms with Crippen LogP contribution in [-0.4, -0.2) is 16.9 Å². The van der Waals surface area contributed by atoms with Gasteiger partial charge in [-0.25, -0.2) is 9.78 Å². The Hall–Kier alpha value is -3.26. The Morgan fingerprint density at radius 3 is 2.67 bits per heavy atom. The van der Waals surface area contributed by atoms with Gasteiger partial charge in [0.05, 0.1) is 16.9 Å². The molecule has 0 unspecified atom stereocenters. The maximum absolute atomic E-state index is 12.1. The number of esters is 1. The maximum Gasteiger partial charge on any atom is 0.338 e. The quantitative estimate of drug-likeness (QED) is 0.384. The lowest BCUT2D eigenvalue weighted by atomic mass is 10.2. The molecule has 1 aromatic carbocycles. The number of ether oxygens (including phenoxy) is 1. The lowest BCUT2D eigenvalue weighted by Gasteiger charge is -2.18. The first kappa shape index (κ1) is 18.5. The van der Waals surface area contributed by atoms with E-state index < -0.39 is 5.97 Å². The number of thiazole rings is 1. The number of hydrogen-bond acceptors (Lipinski definition) is 6. The molecule has 0 spiro atoms. The second-order valence-electron chi connectivity index (χ2n) is 5.84. The van der Waals surface area contributed by atoms with Gasteiger partial charge < -0.3 is 9.94 Å². The topological polar surface area (TPSA) is 86.4 Å². The Kier molecular flexibility index (Phi) is 5.46. The molecule has 1 amide bonds. The van der Waals surface area contributed by atoms with Crippen LogP contribution in [0.15, 0.2) is 54.2 Å². The molecular formula is C19H17N3O4S. The number of pyridine rings is 1. The van der Waals surface area contributed by atoms with Crippen LogP contribution in [0, 0.1) is 12.1 Å². The average molecular weight is 383 g/mol. The van der Waals surface area contributed by atoms with Crippen LogP contribution in [0.25, 0.3) is 0 Å².